The minimum atomic E-state index is 0.309. The fourth-order valence-corrected chi connectivity index (χ4v) is 2.59. The molecule has 0 amide bonds. The predicted octanol–water partition coefficient (Wildman–Crippen LogP) is 3.96. The zero-order valence-corrected chi connectivity index (χ0v) is 11.5. The first-order valence-corrected chi connectivity index (χ1v) is 6.79. The molecule has 3 aromatic rings. The fourth-order valence-electron chi connectivity index (χ4n) is 1.76. The van der Waals surface area contributed by atoms with Crippen LogP contribution >= 0.6 is 22.9 Å². The first kappa shape index (κ1) is 12.2. The summed E-state index contributed by atoms with van der Waals surface area (Å²) < 4.78 is 7.37. The van der Waals surface area contributed by atoms with Crippen LogP contribution in [-0.2, 0) is 0 Å². The van der Waals surface area contributed by atoms with Gasteiger partial charge in [0.2, 0.25) is 5.88 Å². The summed E-state index contributed by atoms with van der Waals surface area (Å²) in [5, 5.41) is 2.54. The van der Waals surface area contributed by atoms with Crippen molar-refractivity contribution in [2.24, 2.45) is 0 Å². The third kappa shape index (κ3) is 2.11. The predicted molar refractivity (Wildman–Crippen MR) is 74.7 cm³/mol. The number of carbonyl (C=O) groups excluding carboxylic acids is 1. The van der Waals surface area contributed by atoms with Gasteiger partial charge in [0.15, 0.2) is 16.9 Å². The Balaban J connectivity index is 2.02. The molecule has 2 heterocycles. The van der Waals surface area contributed by atoms with Crippen LogP contribution in [0.25, 0.3) is 4.96 Å². The van der Waals surface area contributed by atoms with Gasteiger partial charge in [-0.15, -0.1) is 11.3 Å². The van der Waals surface area contributed by atoms with Crippen molar-refractivity contribution in [2.45, 2.75) is 6.92 Å². The van der Waals surface area contributed by atoms with E-state index in [2.05, 4.69) is 4.98 Å². The number of nitrogens with zero attached hydrogens (tertiary/aromatic N) is 2. The maximum Gasteiger partial charge on any atom is 0.250 e. The first-order valence-electron chi connectivity index (χ1n) is 5.54. The summed E-state index contributed by atoms with van der Waals surface area (Å²) in [5.74, 6) is 0.916. The van der Waals surface area contributed by atoms with Crippen molar-refractivity contribution in [3.8, 4) is 11.6 Å². The third-order valence-corrected chi connectivity index (χ3v) is 3.90. The Labute approximate surface area is 118 Å². The third-order valence-electron chi connectivity index (χ3n) is 2.72. The normalized spacial score (nSPS) is 10.8. The van der Waals surface area contributed by atoms with Crippen molar-refractivity contribution < 1.29 is 9.53 Å². The standard InChI is InChI=1S/C13H9ClN2O2S/c1-8-6-9(2-3-10(8)14)18-12-11(7-17)16-4-5-19-13(16)15-12/h2-7H,1H3. The monoisotopic (exact) mass is 292 g/mol. The quantitative estimate of drug-likeness (QED) is 0.686. The molecule has 2 aromatic heterocycles. The molecule has 0 radical (unpaired) electrons. The van der Waals surface area contributed by atoms with Crippen molar-refractivity contribution >= 4 is 34.2 Å². The van der Waals surface area contributed by atoms with Crippen molar-refractivity contribution in [3.63, 3.8) is 0 Å². The van der Waals surface area contributed by atoms with E-state index in [1.165, 1.54) is 11.3 Å². The zero-order chi connectivity index (χ0) is 13.4. The van der Waals surface area contributed by atoms with E-state index in [1.807, 2.05) is 18.4 Å². The Morgan fingerprint density at radius 1 is 1.47 bits per heavy atom. The van der Waals surface area contributed by atoms with Crippen LogP contribution in [-0.4, -0.2) is 15.7 Å². The molecule has 0 fully saturated rings. The average Bonchev–Trinajstić information content (AvgIpc) is 2.94. The van der Waals surface area contributed by atoms with Crippen molar-refractivity contribution in [3.05, 3.63) is 46.1 Å². The summed E-state index contributed by atoms with van der Waals surface area (Å²) in [6.07, 6.45) is 2.53. The number of benzene rings is 1. The highest BCUT2D eigenvalue weighted by Crippen LogP contribution is 2.29. The maximum absolute atomic E-state index is 11.2. The Morgan fingerprint density at radius 2 is 2.32 bits per heavy atom. The van der Waals surface area contributed by atoms with Gasteiger partial charge in [-0.3, -0.25) is 9.20 Å². The lowest BCUT2D eigenvalue weighted by Crippen LogP contribution is -1.92. The SMILES string of the molecule is Cc1cc(Oc2nc3sccn3c2C=O)ccc1Cl. The summed E-state index contributed by atoms with van der Waals surface area (Å²) >= 11 is 7.40. The van der Waals surface area contributed by atoms with Crippen LogP contribution in [0.1, 0.15) is 16.1 Å². The van der Waals surface area contributed by atoms with Gasteiger partial charge < -0.3 is 4.74 Å². The molecule has 0 unspecified atom stereocenters. The summed E-state index contributed by atoms with van der Waals surface area (Å²) in [7, 11) is 0. The molecule has 4 nitrogen and oxygen atoms in total. The molecule has 96 valence electrons. The minimum absolute atomic E-state index is 0.309. The molecule has 3 rings (SSSR count). The molecule has 0 bridgehead atoms. The minimum Gasteiger partial charge on any atom is -0.437 e. The molecular weight excluding hydrogens is 284 g/mol. The molecule has 0 aliphatic carbocycles. The Hall–Kier alpha value is -1.85. The number of thiazole rings is 1. The van der Waals surface area contributed by atoms with Crippen LogP contribution in [0, 0.1) is 6.92 Å². The molecular formula is C13H9ClN2O2S. The number of aromatic nitrogens is 2. The second-order valence-corrected chi connectivity index (χ2v) is 5.27. The van der Waals surface area contributed by atoms with Gasteiger partial charge in [0.05, 0.1) is 0 Å². The molecule has 0 saturated heterocycles. The smallest absolute Gasteiger partial charge is 0.250 e. The van der Waals surface area contributed by atoms with Crippen LogP contribution < -0.4 is 4.74 Å². The highest BCUT2D eigenvalue weighted by atomic mass is 35.5. The number of ether oxygens (including phenoxy) is 1. The van der Waals surface area contributed by atoms with E-state index in [0.29, 0.717) is 22.3 Å². The number of halogens is 1. The highest BCUT2D eigenvalue weighted by molar-refractivity contribution is 7.15. The van der Waals surface area contributed by atoms with Gasteiger partial charge in [-0.25, -0.2) is 0 Å². The van der Waals surface area contributed by atoms with Gasteiger partial charge >= 0.3 is 0 Å². The second kappa shape index (κ2) is 4.68. The first-order chi connectivity index (χ1) is 9.19. The fraction of sp³-hybridized carbons (Fsp3) is 0.0769. The van der Waals surface area contributed by atoms with E-state index >= 15 is 0 Å². The van der Waals surface area contributed by atoms with Crippen LogP contribution in [0.5, 0.6) is 11.6 Å². The van der Waals surface area contributed by atoms with Gasteiger partial charge in [0.1, 0.15) is 5.75 Å². The largest absolute Gasteiger partial charge is 0.437 e. The lowest BCUT2D eigenvalue weighted by atomic mass is 10.2. The molecule has 0 spiro atoms. The van der Waals surface area contributed by atoms with E-state index in [-0.39, 0.29) is 0 Å². The molecule has 0 aliphatic rings. The Morgan fingerprint density at radius 3 is 3.05 bits per heavy atom. The summed E-state index contributed by atoms with van der Waals surface area (Å²) in [6, 6.07) is 5.31. The van der Waals surface area contributed by atoms with Gasteiger partial charge in [-0.2, -0.15) is 4.98 Å². The average molecular weight is 293 g/mol. The number of carbonyl (C=O) groups is 1. The maximum atomic E-state index is 11.2. The molecule has 6 heteroatoms. The number of hydrogen-bond donors (Lipinski definition) is 0. The number of rotatable bonds is 3. The number of hydrogen-bond acceptors (Lipinski definition) is 4. The van der Waals surface area contributed by atoms with E-state index in [9.17, 15) is 4.79 Å². The molecule has 0 saturated carbocycles. The number of fused-ring (bicyclic) bond motifs is 1. The van der Waals surface area contributed by atoms with Crippen molar-refractivity contribution in [2.75, 3.05) is 0 Å². The van der Waals surface area contributed by atoms with E-state index in [0.717, 1.165) is 16.8 Å². The van der Waals surface area contributed by atoms with Crippen molar-refractivity contribution in [1.29, 1.82) is 0 Å². The molecule has 0 N–H and O–H groups in total. The second-order valence-electron chi connectivity index (χ2n) is 3.99. The van der Waals surface area contributed by atoms with Crippen LogP contribution in [0.3, 0.4) is 0 Å². The molecule has 0 atom stereocenters. The van der Waals surface area contributed by atoms with E-state index in [1.54, 1.807) is 22.7 Å². The lowest BCUT2D eigenvalue weighted by Gasteiger charge is -2.05. The number of imidazole rings is 1. The topological polar surface area (TPSA) is 43.6 Å². The van der Waals surface area contributed by atoms with Crippen molar-refractivity contribution in [1.82, 2.24) is 9.38 Å². The molecule has 19 heavy (non-hydrogen) atoms. The highest BCUT2D eigenvalue weighted by Gasteiger charge is 2.14. The van der Waals surface area contributed by atoms with Crippen LogP contribution in [0.15, 0.2) is 29.8 Å². The number of aryl methyl sites for hydroxylation is 1. The van der Waals surface area contributed by atoms with E-state index < -0.39 is 0 Å². The van der Waals surface area contributed by atoms with E-state index in [4.69, 9.17) is 16.3 Å². The van der Waals surface area contributed by atoms with Crippen LogP contribution in [0.2, 0.25) is 5.02 Å². The Bertz CT molecular complexity index is 763. The number of aldehydes is 1. The summed E-state index contributed by atoms with van der Waals surface area (Å²) in [5.41, 5.74) is 1.32. The van der Waals surface area contributed by atoms with Crippen LogP contribution in [0.4, 0.5) is 0 Å². The lowest BCUT2D eigenvalue weighted by molar-refractivity contribution is 0.111. The summed E-state index contributed by atoms with van der Waals surface area (Å²) in [6.45, 7) is 1.89. The molecule has 0 aliphatic heterocycles. The van der Waals surface area contributed by atoms with Gasteiger partial charge in [-0.1, -0.05) is 11.6 Å². The van der Waals surface area contributed by atoms with Gasteiger partial charge in [-0.05, 0) is 30.7 Å². The zero-order valence-electron chi connectivity index (χ0n) is 9.96. The van der Waals surface area contributed by atoms with Gasteiger partial charge in [0, 0.05) is 16.6 Å². The van der Waals surface area contributed by atoms with Gasteiger partial charge in [0.25, 0.3) is 0 Å². The Kier molecular flexibility index (Phi) is 3.00. The molecule has 1 aromatic carbocycles. The summed E-state index contributed by atoms with van der Waals surface area (Å²) in [4.78, 5) is 16.2.